The zero-order valence-electron chi connectivity index (χ0n) is 9.62. The predicted octanol–water partition coefficient (Wildman–Crippen LogP) is 1.91. The smallest absolute Gasteiger partial charge is 0.248 e. The molecule has 3 heteroatoms. The predicted molar refractivity (Wildman–Crippen MR) is 64.3 cm³/mol. The summed E-state index contributed by atoms with van der Waals surface area (Å²) in [4.78, 5) is 11.3. The van der Waals surface area contributed by atoms with E-state index in [9.17, 15) is 4.79 Å². The Balaban J connectivity index is 2.33. The molecule has 1 aliphatic heterocycles. The Hall–Kier alpha value is -1.35. The fraction of sp³-hybridized carbons (Fsp3) is 0.462. The highest BCUT2D eigenvalue weighted by Gasteiger charge is 2.18. The molecule has 0 saturated carbocycles. The first-order chi connectivity index (χ1) is 7.70. The second kappa shape index (κ2) is 4.66. The Kier molecular flexibility index (Phi) is 3.25. The van der Waals surface area contributed by atoms with Crippen LogP contribution in [0.15, 0.2) is 18.2 Å². The van der Waals surface area contributed by atoms with Crippen LogP contribution in [-0.4, -0.2) is 12.5 Å². The molecule has 1 atom stereocenters. The third-order valence-corrected chi connectivity index (χ3v) is 3.33. The number of carbonyl (C=O) groups excluding carboxylic acids is 1. The van der Waals surface area contributed by atoms with Crippen molar-refractivity contribution in [1.29, 1.82) is 0 Å². The van der Waals surface area contributed by atoms with Crippen LogP contribution < -0.4 is 11.1 Å². The van der Waals surface area contributed by atoms with Crippen LogP contribution >= 0.6 is 0 Å². The topological polar surface area (TPSA) is 55.1 Å². The second-order valence-corrected chi connectivity index (χ2v) is 4.39. The summed E-state index contributed by atoms with van der Waals surface area (Å²) in [5, 5.41) is 3.49. The summed E-state index contributed by atoms with van der Waals surface area (Å²) in [5.41, 5.74) is 8.24. The van der Waals surface area contributed by atoms with Gasteiger partial charge in [0, 0.05) is 11.6 Å². The van der Waals surface area contributed by atoms with Gasteiger partial charge in [-0.1, -0.05) is 18.6 Å². The van der Waals surface area contributed by atoms with E-state index in [1.165, 1.54) is 18.4 Å². The van der Waals surface area contributed by atoms with Crippen LogP contribution in [0.5, 0.6) is 0 Å². The lowest BCUT2D eigenvalue weighted by atomic mass is 9.91. The van der Waals surface area contributed by atoms with Gasteiger partial charge in [0.1, 0.15) is 0 Å². The third kappa shape index (κ3) is 2.09. The van der Waals surface area contributed by atoms with Gasteiger partial charge in [-0.15, -0.1) is 0 Å². The molecule has 1 aromatic rings. The SMILES string of the molecule is Cc1c(C(N)=O)cccc1C1CCCCN1. The first kappa shape index (κ1) is 11.1. The molecule has 0 bridgehead atoms. The summed E-state index contributed by atoms with van der Waals surface area (Å²) in [6.07, 6.45) is 3.63. The minimum atomic E-state index is -0.338. The number of benzene rings is 1. The number of carbonyl (C=O) groups is 1. The van der Waals surface area contributed by atoms with Gasteiger partial charge in [-0.3, -0.25) is 4.79 Å². The molecule has 3 nitrogen and oxygen atoms in total. The second-order valence-electron chi connectivity index (χ2n) is 4.39. The van der Waals surface area contributed by atoms with Gasteiger partial charge in [-0.25, -0.2) is 0 Å². The molecule has 0 aromatic heterocycles. The standard InChI is InChI=1S/C13H18N2O/c1-9-10(12-7-2-3-8-15-12)5-4-6-11(9)13(14)16/h4-6,12,15H,2-3,7-8H2,1H3,(H2,14,16). The molecule has 1 amide bonds. The number of primary amides is 1. The van der Waals surface area contributed by atoms with Crippen molar-refractivity contribution >= 4 is 5.91 Å². The maximum atomic E-state index is 11.3. The van der Waals surface area contributed by atoms with Gasteiger partial charge in [0.15, 0.2) is 0 Å². The van der Waals surface area contributed by atoms with Crippen LogP contribution in [0.3, 0.4) is 0 Å². The Labute approximate surface area is 96.0 Å². The summed E-state index contributed by atoms with van der Waals surface area (Å²) in [6, 6.07) is 6.18. The van der Waals surface area contributed by atoms with Crippen molar-refractivity contribution in [3.05, 3.63) is 34.9 Å². The fourth-order valence-corrected chi connectivity index (χ4v) is 2.42. The molecule has 16 heavy (non-hydrogen) atoms. The maximum Gasteiger partial charge on any atom is 0.248 e. The van der Waals surface area contributed by atoms with E-state index in [1.54, 1.807) is 6.07 Å². The molecule has 0 aliphatic carbocycles. The normalized spacial score (nSPS) is 20.7. The number of rotatable bonds is 2. The largest absolute Gasteiger partial charge is 0.366 e. The van der Waals surface area contributed by atoms with E-state index >= 15 is 0 Å². The van der Waals surface area contributed by atoms with Gasteiger partial charge < -0.3 is 11.1 Å². The summed E-state index contributed by atoms with van der Waals surface area (Å²) in [5.74, 6) is -0.338. The van der Waals surface area contributed by atoms with Gasteiger partial charge in [0.25, 0.3) is 0 Å². The molecule has 2 rings (SSSR count). The van der Waals surface area contributed by atoms with E-state index in [-0.39, 0.29) is 5.91 Å². The molecular weight excluding hydrogens is 200 g/mol. The van der Waals surface area contributed by atoms with Crippen molar-refractivity contribution in [2.45, 2.75) is 32.2 Å². The molecule has 1 heterocycles. The van der Waals surface area contributed by atoms with Crippen molar-refractivity contribution < 1.29 is 4.79 Å². The van der Waals surface area contributed by atoms with Crippen LogP contribution in [-0.2, 0) is 0 Å². The van der Waals surface area contributed by atoms with Gasteiger partial charge in [0.2, 0.25) is 5.91 Å². The number of amides is 1. The van der Waals surface area contributed by atoms with Crippen LogP contribution in [0.1, 0.15) is 46.8 Å². The zero-order valence-corrected chi connectivity index (χ0v) is 9.62. The summed E-state index contributed by atoms with van der Waals surface area (Å²) >= 11 is 0. The molecule has 86 valence electrons. The van der Waals surface area contributed by atoms with Gasteiger partial charge in [-0.05, 0) is 43.5 Å². The average Bonchev–Trinajstić information content (AvgIpc) is 2.30. The highest BCUT2D eigenvalue weighted by molar-refractivity contribution is 5.94. The van der Waals surface area contributed by atoms with E-state index in [4.69, 9.17) is 5.73 Å². The third-order valence-electron chi connectivity index (χ3n) is 3.33. The van der Waals surface area contributed by atoms with Crippen LogP contribution in [0.25, 0.3) is 0 Å². The van der Waals surface area contributed by atoms with Crippen molar-refractivity contribution in [3.63, 3.8) is 0 Å². The van der Waals surface area contributed by atoms with Gasteiger partial charge in [-0.2, -0.15) is 0 Å². The first-order valence-corrected chi connectivity index (χ1v) is 5.83. The monoisotopic (exact) mass is 218 g/mol. The highest BCUT2D eigenvalue weighted by atomic mass is 16.1. The van der Waals surface area contributed by atoms with Crippen molar-refractivity contribution in [2.24, 2.45) is 5.73 Å². The molecule has 1 aliphatic rings. The number of nitrogens with one attached hydrogen (secondary N) is 1. The minimum Gasteiger partial charge on any atom is -0.366 e. The fourth-order valence-electron chi connectivity index (χ4n) is 2.42. The van der Waals surface area contributed by atoms with E-state index in [0.29, 0.717) is 11.6 Å². The quantitative estimate of drug-likeness (QED) is 0.796. The van der Waals surface area contributed by atoms with Crippen LogP contribution in [0.2, 0.25) is 0 Å². The van der Waals surface area contributed by atoms with Crippen LogP contribution in [0, 0.1) is 6.92 Å². The lowest BCUT2D eigenvalue weighted by molar-refractivity contribution is 0.0999. The van der Waals surface area contributed by atoms with E-state index in [0.717, 1.165) is 18.5 Å². The van der Waals surface area contributed by atoms with E-state index in [2.05, 4.69) is 11.4 Å². The lowest BCUT2D eigenvalue weighted by Crippen LogP contribution is -2.28. The summed E-state index contributed by atoms with van der Waals surface area (Å²) in [6.45, 7) is 3.04. The number of hydrogen-bond acceptors (Lipinski definition) is 2. The Bertz CT molecular complexity index is 395. The molecule has 1 aromatic carbocycles. The molecule has 0 radical (unpaired) electrons. The van der Waals surface area contributed by atoms with E-state index in [1.807, 2.05) is 13.0 Å². The Morgan fingerprint density at radius 2 is 2.25 bits per heavy atom. The summed E-state index contributed by atoms with van der Waals surface area (Å²) in [7, 11) is 0. The highest BCUT2D eigenvalue weighted by Crippen LogP contribution is 2.26. The average molecular weight is 218 g/mol. The molecule has 1 fully saturated rings. The molecular formula is C13H18N2O. The van der Waals surface area contributed by atoms with Crippen molar-refractivity contribution in [1.82, 2.24) is 5.32 Å². The molecule has 0 spiro atoms. The molecule has 1 unspecified atom stereocenters. The molecule has 3 N–H and O–H groups in total. The first-order valence-electron chi connectivity index (χ1n) is 5.83. The Morgan fingerprint density at radius 1 is 1.44 bits per heavy atom. The van der Waals surface area contributed by atoms with Crippen LogP contribution in [0.4, 0.5) is 0 Å². The number of hydrogen-bond donors (Lipinski definition) is 2. The lowest BCUT2D eigenvalue weighted by Gasteiger charge is -2.25. The maximum absolute atomic E-state index is 11.3. The van der Waals surface area contributed by atoms with Crippen molar-refractivity contribution in [3.8, 4) is 0 Å². The minimum absolute atomic E-state index is 0.338. The van der Waals surface area contributed by atoms with Gasteiger partial charge in [0.05, 0.1) is 0 Å². The van der Waals surface area contributed by atoms with Crippen molar-refractivity contribution in [2.75, 3.05) is 6.54 Å². The molecule has 1 saturated heterocycles. The van der Waals surface area contributed by atoms with E-state index < -0.39 is 0 Å². The Morgan fingerprint density at radius 3 is 2.88 bits per heavy atom. The summed E-state index contributed by atoms with van der Waals surface area (Å²) < 4.78 is 0. The number of nitrogens with two attached hydrogens (primary N) is 1. The number of piperidine rings is 1. The van der Waals surface area contributed by atoms with Gasteiger partial charge >= 0.3 is 0 Å². The zero-order chi connectivity index (χ0) is 11.5.